The molecule has 0 bridgehead atoms. The highest BCUT2D eigenvalue weighted by molar-refractivity contribution is 5.73. The average Bonchev–Trinajstić information content (AvgIpc) is 2.28. The van der Waals surface area contributed by atoms with Gasteiger partial charge in [0.25, 0.3) is 0 Å². The lowest BCUT2D eigenvalue weighted by Gasteiger charge is -2.12. The van der Waals surface area contributed by atoms with Gasteiger partial charge >= 0.3 is 0 Å². The van der Waals surface area contributed by atoms with E-state index in [0.717, 1.165) is 18.4 Å². The van der Waals surface area contributed by atoms with Gasteiger partial charge < -0.3 is 0 Å². The second-order valence-corrected chi connectivity index (χ2v) is 4.04. The maximum absolute atomic E-state index is 4.03. The molecule has 0 saturated heterocycles. The maximum atomic E-state index is 4.03. The summed E-state index contributed by atoms with van der Waals surface area (Å²) >= 11 is 0. The van der Waals surface area contributed by atoms with Crippen molar-refractivity contribution in [2.75, 3.05) is 0 Å². The van der Waals surface area contributed by atoms with Crippen LogP contribution < -0.4 is 0 Å². The van der Waals surface area contributed by atoms with Crippen LogP contribution in [0.5, 0.6) is 0 Å². The van der Waals surface area contributed by atoms with Crippen LogP contribution in [-0.4, -0.2) is 0 Å². The van der Waals surface area contributed by atoms with Gasteiger partial charge in [-0.15, -0.1) is 5.73 Å². The fourth-order valence-corrected chi connectivity index (χ4v) is 1.97. The first-order chi connectivity index (χ1) is 7.63. The topological polar surface area (TPSA) is 0 Å². The van der Waals surface area contributed by atoms with Crippen LogP contribution in [0, 0.1) is 0 Å². The molecule has 0 radical (unpaired) electrons. The van der Waals surface area contributed by atoms with Crippen LogP contribution in [0.4, 0.5) is 0 Å². The summed E-state index contributed by atoms with van der Waals surface area (Å²) in [5, 5.41) is 0. The zero-order valence-corrected chi connectivity index (χ0v) is 10.6. The molecular formula is C16H20. The number of aryl methyl sites for hydroxylation is 2. The van der Waals surface area contributed by atoms with Gasteiger partial charge in [-0.25, -0.2) is 0 Å². The SMILES string of the molecule is C=C=Cc1cc(CC)c(CC)cc1C(=C)C. The van der Waals surface area contributed by atoms with Gasteiger partial charge in [-0.3, -0.25) is 0 Å². The number of rotatable bonds is 4. The standard InChI is InChI=1S/C16H20/c1-6-9-15-10-13(7-2)14(8-3)11-16(15)12(4)5/h9-11H,1,4,7-8H2,2-3,5H3. The lowest BCUT2D eigenvalue weighted by Crippen LogP contribution is -1.96. The summed E-state index contributed by atoms with van der Waals surface area (Å²) in [5.74, 6) is 0. The highest BCUT2D eigenvalue weighted by Gasteiger charge is 2.06. The van der Waals surface area contributed by atoms with Crippen LogP contribution in [0.25, 0.3) is 11.6 Å². The third-order valence-corrected chi connectivity index (χ3v) is 2.85. The van der Waals surface area contributed by atoms with E-state index in [9.17, 15) is 0 Å². The Kier molecular flexibility index (Phi) is 4.34. The van der Waals surface area contributed by atoms with Crippen molar-refractivity contribution in [3.05, 3.63) is 53.3 Å². The highest BCUT2D eigenvalue weighted by atomic mass is 14.1. The van der Waals surface area contributed by atoms with Gasteiger partial charge in [-0.05, 0) is 48.1 Å². The van der Waals surface area contributed by atoms with E-state index < -0.39 is 0 Å². The molecule has 0 aromatic heterocycles. The van der Waals surface area contributed by atoms with Crippen LogP contribution in [0.3, 0.4) is 0 Å². The molecule has 0 amide bonds. The number of hydrogen-bond acceptors (Lipinski definition) is 0. The molecule has 0 fully saturated rings. The Morgan fingerprint density at radius 1 is 1.25 bits per heavy atom. The Bertz CT molecular complexity index is 414. The second-order valence-electron chi connectivity index (χ2n) is 4.04. The van der Waals surface area contributed by atoms with Crippen molar-refractivity contribution in [3.63, 3.8) is 0 Å². The molecular weight excluding hydrogens is 192 g/mol. The summed E-state index contributed by atoms with van der Waals surface area (Å²) < 4.78 is 0. The molecule has 0 heterocycles. The normalized spacial score (nSPS) is 9.69. The van der Waals surface area contributed by atoms with E-state index in [-0.39, 0.29) is 0 Å². The molecule has 0 heteroatoms. The van der Waals surface area contributed by atoms with E-state index in [1.54, 1.807) is 0 Å². The molecule has 0 atom stereocenters. The minimum absolute atomic E-state index is 1.07. The summed E-state index contributed by atoms with van der Waals surface area (Å²) in [6.45, 7) is 14.1. The first kappa shape index (κ1) is 12.5. The molecule has 0 N–H and O–H groups in total. The average molecular weight is 212 g/mol. The minimum atomic E-state index is 1.07. The van der Waals surface area contributed by atoms with Crippen LogP contribution >= 0.6 is 0 Å². The van der Waals surface area contributed by atoms with Gasteiger partial charge in [0.1, 0.15) is 0 Å². The molecule has 0 aliphatic heterocycles. The van der Waals surface area contributed by atoms with Crippen molar-refractivity contribution >= 4 is 11.6 Å². The number of benzene rings is 1. The molecule has 1 aromatic rings. The van der Waals surface area contributed by atoms with E-state index in [0.29, 0.717) is 0 Å². The highest BCUT2D eigenvalue weighted by Crippen LogP contribution is 2.24. The minimum Gasteiger partial charge on any atom is -0.128 e. The Morgan fingerprint density at radius 3 is 2.25 bits per heavy atom. The third kappa shape index (κ3) is 2.53. The van der Waals surface area contributed by atoms with Crippen LogP contribution in [0.2, 0.25) is 0 Å². The van der Waals surface area contributed by atoms with Crippen LogP contribution in [0.1, 0.15) is 43.0 Å². The second kappa shape index (κ2) is 5.53. The van der Waals surface area contributed by atoms with Crippen molar-refractivity contribution in [2.24, 2.45) is 0 Å². The van der Waals surface area contributed by atoms with Gasteiger partial charge in [0.05, 0.1) is 0 Å². The zero-order chi connectivity index (χ0) is 12.1. The Morgan fingerprint density at radius 2 is 1.81 bits per heavy atom. The molecule has 16 heavy (non-hydrogen) atoms. The summed E-state index contributed by atoms with van der Waals surface area (Å²) in [6.07, 6.45) is 4.07. The van der Waals surface area contributed by atoms with Crippen molar-refractivity contribution < 1.29 is 0 Å². The fraction of sp³-hybridized carbons (Fsp3) is 0.312. The number of hydrogen-bond donors (Lipinski definition) is 0. The first-order valence-electron chi connectivity index (χ1n) is 5.81. The van der Waals surface area contributed by atoms with Gasteiger partial charge in [0.15, 0.2) is 0 Å². The lowest BCUT2D eigenvalue weighted by molar-refractivity contribution is 1.03. The third-order valence-electron chi connectivity index (χ3n) is 2.85. The monoisotopic (exact) mass is 212 g/mol. The van der Waals surface area contributed by atoms with Crippen molar-refractivity contribution in [3.8, 4) is 0 Å². The van der Waals surface area contributed by atoms with E-state index in [2.05, 4.69) is 44.9 Å². The molecule has 0 aliphatic rings. The summed E-state index contributed by atoms with van der Waals surface area (Å²) in [7, 11) is 0. The molecule has 0 nitrogen and oxygen atoms in total. The molecule has 0 unspecified atom stereocenters. The van der Waals surface area contributed by atoms with Gasteiger partial charge in [-0.1, -0.05) is 44.7 Å². The smallest absolute Gasteiger partial charge is 0.0102 e. The fourth-order valence-electron chi connectivity index (χ4n) is 1.97. The predicted octanol–water partition coefficient (Wildman–Crippen LogP) is 4.64. The molecule has 0 saturated carbocycles. The van der Waals surface area contributed by atoms with Gasteiger partial charge in [-0.2, -0.15) is 0 Å². The van der Waals surface area contributed by atoms with Gasteiger partial charge in [0.2, 0.25) is 0 Å². The summed E-state index contributed by atoms with van der Waals surface area (Å²) in [4.78, 5) is 0. The largest absolute Gasteiger partial charge is 0.128 e. The van der Waals surface area contributed by atoms with Crippen molar-refractivity contribution in [1.82, 2.24) is 0 Å². The van der Waals surface area contributed by atoms with E-state index in [1.165, 1.54) is 22.3 Å². The van der Waals surface area contributed by atoms with Crippen LogP contribution in [-0.2, 0) is 12.8 Å². The van der Waals surface area contributed by atoms with Crippen LogP contribution in [0.15, 0.2) is 31.0 Å². The summed E-state index contributed by atoms with van der Waals surface area (Å²) in [5.41, 5.74) is 9.17. The molecule has 0 aliphatic carbocycles. The van der Waals surface area contributed by atoms with Crippen molar-refractivity contribution in [1.29, 1.82) is 0 Å². The molecule has 84 valence electrons. The number of allylic oxidation sites excluding steroid dienone is 1. The quantitative estimate of drug-likeness (QED) is 0.638. The van der Waals surface area contributed by atoms with Crippen molar-refractivity contribution in [2.45, 2.75) is 33.6 Å². The zero-order valence-electron chi connectivity index (χ0n) is 10.6. The molecule has 0 spiro atoms. The summed E-state index contributed by atoms with van der Waals surface area (Å²) in [6, 6.07) is 4.49. The maximum Gasteiger partial charge on any atom is -0.0102 e. The lowest BCUT2D eigenvalue weighted by atomic mass is 9.92. The Labute approximate surface area is 99.0 Å². The Balaban J connectivity index is 3.46. The molecule has 1 rings (SSSR count). The van der Waals surface area contributed by atoms with Gasteiger partial charge in [0, 0.05) is 0 Å². The van der Waals surface area contributed by atoms with E-state index >= 15 is 0 Å². The Hall–Kier alpha value is -1.52. The van der Waals surface area contributed by atoms with E-state index in [4.69, 9.17) is 0 Å². The molecule has 1 aromatic carbocycles. The predicted molar refractivity (Wildman–Crippen MR) is 73.5 cm³/mol. The first-order valence-corrected chi connectivity index (χ1v) is 5.81. The van der Waals surface area contributed by atoms with E-state index in [1.807, 2.05) is 13.0 Å².